The van der Waals surface area contributed by atoms with Crippen molar-refractivity contribution < 1.29 is 22.0 Å². The van der Waals surface area contributed by atoms with E-state index >= 15 is 0 Å². The van der Waals surface area contributed by atoms with E-state index in [1.54, 1.807) is 0 Å². The van der Waals surface area contributed by atoms with Crippen molar-refractivity contribution in [2.75, 3.05) is 6.54 Å². The minimum atomic E-state index is -4.61. The van der Waals surface area contributed by atoms with Gasteiger partial charge in [-0.05, 0) is 30.5 Å². The number of benzene rings is 1. The van der Waals surface area contributed by atoms with Crippen LogP contribution in [0.1, 0.15) is 32.3 Å². The highest BCUT2D eigenvalue weighted by Crippen LogP contribution is 2.18. The molecule has 0 radical (unpaired) electrons. The summed E-state index contributed by atoms with van der Waals surface area (Å²) < 4.78 is 47.5. The van der Waals surface area contributed by atoms with Crippen LogP contribution in [0.15, 0.2) is 29.2 Å². The number of sulfone groups is 1. The van der Waals surface area contributed by atoms with Crippen molar-refractivity contribution >= 4 is 15.7 Å². The Morgan fingerprint density at radius 1 is 1.22 bits per heavy atom. The highest BCUT2D eigenvalue weighted by Gasteiger charge is 2.26. The summed E-state index contributed by atoms with van der Waals surface area (Å²) in [5.41, 5.74) is 6.16. The summed E-state index contributed by atoms with van der Waals surface area (Å²) in [6.07, 6.45) is 1.48. The summed E-state index contributed by atoms with van der Waals surface area (Å²) in [4.78, 5) is 11.4. The number of hydrogen-bond donors (Lipinski definition) is 2. The van der Waals surface area contributed by atoms with Crippen LogP contribution >= 0.6 is 0 Å². The van der Waals surface area contributed by atoms with E-state index < -0.39 is 26.0 Å². The van der Waals surface area contributed by atoms with Gasteiger partial charge in [0.05, 0.1) is 11.3 Å². The SMILES string of the molecule is CCC(N)(CC)CNC(=O)Cc1ccc(S(=O)(=O)C(F)F)cc1. The first-order chi connectivity index (χ1) is 10.6. The van der Waals surface area contributed by atoms with Gasteiger partial charge in [-0.1, -0.05) is 26.0 Å². The van der Waals surface area contributed by atoms with Gasteiger partial charge in [-0.25, -0.2) is 8.42 Å². The lowest BCUT2D eigenvalue weighted by Gasteiger charge is -2.26. The summed E-state index contributed by atoms with van der Waals surface area (Å²) in [5.74, 6) is -3.72. The molecular weight excluding hydrogens is 326 g/mol. The van der Waals surface area contributed by atoms with E-state index in [2.05, 4.69) is 5.32 Å². The maximum absolute atomic E-state index is 12.4. The molecule has 1 rings (SSSR count). The van der Waals surface area contributed by atoms with E-state index in [0.29, 0.717) is 12.1 Å². The Morgan fingerprint density at radius 3 is 2.17 bits per heavy atom. The molecule has 3 N–H and O–H groups in total. The van der Waals surface area contributed by atoms with Gasteiger partial charge < -0.3 is 11.1 Å². The van der Waals surface area contributed by atoms with Gasteiger partial charge in [0.1, 0.15) is 0 Å². The summed E-state index contributed by atoms with van der Waals surface area (Å²) >= 11 is 0. The summed E-state index contributed by atoms with van der Waals surface area (Å²) in [6.45, 7) is 4.23. The first kappa shape index (κ1) is 19.5. The van der Waals surface area contributed by atoms with Crippen LogP contribution in [0, 0.1) is 0 Å². The molecule has 0 unspecified atom stereocenters. The third-order valence-corrected chi connectivity index (χ3v) is 5.30. The molecule has 5 nitrogen and oxygen atoms in total. The lowest BCUT2D eigenvalue weighted by molar-refractivity contribution is -0.120. The number of nitrogens with two attached hydrogens (primary N) is 1. The Hall–Kier alpha value is -1.54. The van der Waals surface area contributed by atoms with Gasteiger partial charge in [-0.3, -0.25) is 4.79 Å². The molecule has 0 bridgehead atoms. The summed E-state index contributed by atoms with van der Waals surface area (Å²) in [7, 11) is -4.61. The number of carbonyl (C=O) groups excluding carboxylic acids is 1. The lowest BCUT2D eigenvalue weighted by atomic mass is 9.94. The smallest absolute Gasteiger partial charge is 0.341 e. The number of halogens is 2. The predicted molar refractivity (Wildman–Crippen MR) is 83.8 cm³/mol. The second-order valence-electron chi connectivity index (χ2n) is 5.47. The van der Waals surface area contributed by atoms with E-state index in [4.69, 9.17) is 5.73 Å². The predicted octanol–water partition coefficient (Wildman–Crippen LogP) is 1.86. The third kappa shape index (κ3) is 5.24. The van der Waals surface area contributed by atoms with Crippen molar-refractivity contribution in [3.05, 3.63) is 29.8 Å². The quantitative estimate of drug-likeness (QED) is 0.750. The van der Waals surface area contributed by atoms with Crippen molar-refractivity contribution in [3.63, 3.8) is 0 Å². The van der Waals surface area contributed by atoms with E-state index in [0.717, 1.165) is 25.0 Å². The molecule has 1 aromatic carbocycles. The van der Waals surface area contributed by atoms with Gasteiger partial charge >= 0.3 is 5.76 Å². The van der Waals surface area contributed by atoms with Gasteiger partial charge in [-0.15, -0.1) is 0 Å². The van der Waals surface area contributed by atoms with Crippen LogP contribution in [0.2, 0.25) is 0 Å². The molecule has 0 heterocycles. The monoisotopic (exact) mass is 348 g/mol. The van der Waals surface area contributed by atoms with Crippen LogP contribution in [0.4, 0.5) is 8.78 Å². The Kier molecular flexibility index (Phi) is 6.64. The molecule has 0 aromatic heterocycles. The molecule has 0 atom stereocenters. The number of alkyl halides is 2. The molecule has 8 heteroatoms. The minimum Gasteiger partial charge on any atom is -0.354 e. The van der Waals surface area contributed by atoms with Crippen molar-refractivity contribution in [3.8, 4) is 0 Å². The zero-order valence-corrected chi connectivity index (χ0v) is 14.0. The molecule has 0 saturated carbocycles. The summed E-state index contributed by atoms with van der Waals surface area (Å²) in [6, 6.07) is 4.86. The third-order valence-electron chi connectivity index (χ3n) is 3.90. The van der Waals surface area contributed by atoms with E-state index in [9.17, 15) is 22.0 Å². The van der Waals surface area contributed by atoms with E-state index in [-0.39, 0.29) is 12.3 Å². The zero-order valence-electron chi connectivity index (χ0n) is 13.2. The number of nitrogens with one attached hydrogen (secondary N) is 1. The number of hydrogen-bond acceptors (Lipinski definition) is 4. The van der Waals surface area contributed by atoms with E-state index in [1.165, 1.54) is 12.1 Å². The maximum Gasteiger partial charge on any atom is 0.341 e. The van der Waals surface area contributed by atoms with Crippen molar-refractivity contribution in [2.45, 2.75) is 49.3 Å². The fourth-order valence-electron chi connectivity index (χ4n) is 1.92. The average molecular weight is 348 g/mol. The molecule has 0 saturated heterocycles. The molecule has 23 heavy (non-hydrogen) atoms. The molecular formula is C15H22F2N2O3S. The molecule has 0 fully saturated rings. The van der Waals surface area contributed by atoms with Gasteiger partial charge in [-0.2, -0.15) is 8.78 Å². The Balaban J connectivity index is 2.67. The van der Waals surface area contributed by atoms with Gasteiger partial charge in [0.15, 0.2) is 0 Å². The van der Waals surface area contributed by atoms with Gasteiger partial charge in [0, 0.05) is 12.1 Å². The fraction of sp³-hybridized carbons (Fsp3) is 0.533. The lowest BCUT2D eigenvalue weighted by Crippen LogP contribution is -2.49. The van der Waals surface area contributed by atoms with E-state index in [1.807, 2.05) is 13.8 Å². The van der Waals surface area contributed by atoms with Gasteiger partial charge in [0.25, 0.3) is 0 Å². The Bertz CT molecular complexity index is 627. The Morgan fingerprint density at radius 2 is 1.74 bits per heavy atom. The first-order valence-corrected chi connectivity index (χ1v) is 8.86. The van der Waals surface area contributed by atoms with Crippen LogP contribution in [-0.4, -0.2) is 32.2 Å². The second-order valence-corrected chi connectivity index (χ2v) is 7.39. The fourth-order valence-corrected chi connectivity index (χ4v) is 2.64. The van der Waals surface area contributed by atoms with Crippen LogP contribution in [-0.2, 0) is 21.1 Å². The number of carbonyl (C=O) groups is 1. The molecule has 0 aliphatic heterocycles. The molecule has 0 aliphatic rings. The molecule has 0 aliphatic carbocycles. The topological polar surface area (TPSA) is 89.3 Å². The first-order valence-electron chi connectivity index (χ1n) is 7.31. The van der Waals surface area contributed by atoms with Crippen molar-refractivity contribution in [1.29, 1.82) is 0 Å². The average Bonchev–Trinajstić information content (AvgIpc) is 2.53. The zero-order chi connectivity index (χ0) is 17.7. The number of rotatable bonds is 8. The highest BCUT2D eigenvalue weighted by molar-refractivity contribution is 7.91. The van der Waals surface area contributed by atoms with Gasteiger partial charge in [0.2, 0.25) is 15.7 Å². The van der Waals surface area contributed by atoms with Crippen LogP contribution in [0.5, 0.6) is 0 Å². The van der Waals surface area contributed by atoms with Crippen LogP contribution < -0.4 is 11.1 Å². The second kappa shape index (κ2) is 7.83. The highest BCUT2D eigenvalue weighted by atomic mass is 32.2. The number of amides is 1. The Labute approximate surface area is 135 Å². The molecule has 130 valence electrons. The van der Waals surface area contributed by atoms with Crippen molar-refractivity contribution in [2.24, 2.45) is 5.73 Å². The standard InChI is InChI=1S/C15H22F2N2O3S/c1-3-15(18,4-2)10-19-13(20)9-11-5-7-12(8-6-11)23(21,22)14(16)17/h5-8,14H,3-4,9-10,18H2,1-2H3,(H,19,20). The molecule has 1 aromatic rings. The van der Waals surface area contributed by atoms with Crippen LogP contribution in [0.3, 0.4) is 0 Å². The van der Waals surface area contributed by atoms with Crippen LogP contribution in [0.25, 0.3) is 0 Å². The summed E-state index contributed by atoms with van der Waals surface area (Å²) in [5, 5.41) is 2.73. The molecule has 1 amide bonds. The largest absolute Gasteiger partial charge is 0.354 e. The van der Waals surface area contributed by atoms with Crippen molar-refractivity contribution in [1.82, 2.24) is 5.32 Å². The minimum absolute atomic E-state index is 0.0263. The normalized spacial score (nSPS) is 12.4. The maximum atomic E-state index is 12.4. The molecule has 0 spiro atoms.